The number of carbonyl (C=O) groups excluding carboxylic acids is 2. The van der Waals surface area contributed by atoms with Gasteiger partial charge in [0.05, 0.1) is 5.41 Å². The molecule has 2 fully saturated rings. The van der Waals surface area contributed by atoms with Crippen molar-refractivity contribution in [3.63, 3.8) is 0 Å². The van der Waals surface area contributed by atoms with Gasteiger partial charge in [-0.05, 0) is 43.0 Å². The average Bonchev–Trinajstić information content (AvgIpc) is 3.05. The number of carboxylic acids is 1. The molecule has 0 spiro atoms. The lowest BCUT2D eigenvalue weighted by molar-refractivity contribution is -0.149. The first-order chi connectivity index (χ1) is 10.9. The highest BCUT2D eigenvalue weighted by Crippen LogP contribution is 2.48. The number of amides is 3. The Hall–Kier alpha value is -2.57. The van der Waals surface area contributed by atoms with Gasteiger partial charge in [0, 0.05) is 24.3 Å². The van der Waals surface area contributed by atoms with Gasteiger partial charge in [0.15, 0.2) is 0 Å². The zero-order chi connectivity index (χ0) is 16.6. The highest BCUT2D eigenvalue weighted by atomic mass is 16.4. The number of anilines is 1. The number of primary amides is 1. The van der Waals surface area contributed by atoms with Gasteiger partial charge in [-0.2, -0.15) is 0 Å². The van der Waals surface area contributed by atoms with E-state index in [1.54, 1.807) is 17.0 Å². The quantitative estimate of drug-likeness (QED) is 0.784. The van der Waals surface area contributed by atoms with Crippen LogP contribution in [0.15, 0.2) is 24.3 Å². The molecule has 7 heteroatoms. The Morgan fingerprint density at radius 1 is 1.26 bits per heavy atom. The lowest BCUT2D eigenvalue weighted by Crippen LogP contribution is -2.38. The number of hydrogen-bond acceptors (Lipinski definition) is 3. The van der Waals surface area contributed by atoms with Gasteiger partial charge < -0.3 is 21.1 Å². The van der Waals surface area contributed by atoms with Gasteiger partial charge in [-0.3, -0.25) is 9.59 Å². The summed E-state index contributed by atoms with van der Waals surface area (Å²) >= 11 is 0. The van der Waals surface area contributed by atoms with Crippen LogP contribution in [-0.4, -0.2) is 41.0 Å². The van der Waals surface area contributed by atoms with Gasteiger partial charge in [-0.15, -0.1) is 0 Å². The molecule has 2 aliphatic rings. The lowest BCUT2D eigenvalue weighted by atomic mass is 9.81. The molecule has 3 amide bonds. The van der Waals surface area contributed by atoms with Gasteiger partial charge in [0.1, 0.15) is 0 Å². The predicted octanol–water partition coefficient (Wildman–Crippen LogP) is 1.50. The second-order valence-corrected chi connectivity index (χ2v) is 6.30. The second kappa shape index (κ2) is 5.57. The Kier molecular flexibility index (Phi) is 3.71. The number of nitrogens with two attached hydrogens (primary N) is 1. The fourth-order valence-electron chi connectivity index (χ4n) is 3.71. The number of carbonyl (C=O) groups is 3. The van der Waals surface area contributed by atoms with E-state index >= 15 is 0 Å². The van der Waals surface area contributed by atoms with Gasteiger partial charge in [0.25, 0.3) is 0 Å². The Labute approximate surface area is 133 Å². The smallest absolute Gasteiger partial charge is 0.321 e. The molecule has 1 aliphatic carbocycles. The molecule has 1 saturated carbocycles. The summed E-state index contributed by atoms with van der Waals surface area (Å²) in [6.45, 7) is 0.718. The van der Waals surface area contributed by atoms with Crippen LogP contribution in [-0.2, 0) is 4.79 Å². The van der Waals surface area contributed by atoms with Crippen molar-refractivity contribution in [2.24, 2.45) is 17.1 Å². The molecule has 4 N–H and O–H groups in total. The van der Waals surface area contributed by atoms with Crippen molar-refractivity contribution in [3.8, 4) is 0 Å². The molecule has 1 aliphatic heterocycles. The molecule has 0 bridgehead atoms. The molecular formula is C16H19N3O4. The number of fused-ring (bicyclic) bond motifs is 1. The fourth-order valence-corrected chi connectivity index (χ4v) is 3.71. The van der Waals surface area contributed by atoms with Crippen LogP contribution in [0.2, 0.25) is 0 Å². The molecule has 122 valence electrons. The zero-order valence-corrected chi connectivity index (χ0v) is 12.6. The van der Waals surface area contributed by atoms with Crippen LogP contribution in [0.25, 0.3) is 0 Å². The second-order valence-electron chi connectivity index (χ2n) is 6.30. The van der Waals surface area contributed by atoms with Crippen molar-refractivity contribution < 1.29 is 19.5 Å². The van der Waals surface area contributed by atoms with Gasteiger partial charge >= 0.3 is 12.0 Å². The summed E-state index contributed by atoms with van der Waals surface area (Å²) in [5.41, 5.74) is 5.29. The molecular weight excluding hydrogens is 298 g/mol. The third-order valence-corrected chi connectivity index (χ3v) is 5.00. The summed E-state index contributed by atoms with van der Waals surface area (Å²) in [4.78, 5) is 36.6. The molecule has 23 heavy (non-hydrogen) atoms. The average molecular weight is 317 g/mol. The first-order valence-electron chi connectivity index (χ1n) is 7.61. The maximum atomic E-state index is 12.4. The van der Waals surface area contributed by atoms with Gasteiger partial charge in [-0.1, -0.05) is 6.42 Å². The van der Waals surface area contributed by atoms with E-state index in [-0.39, 0.29) is 18.5 Å². The summed E-state index contributed by atoms with van der Waals surface area (Å²) in [5.74, 6) is -1.30. The number of aliphatic carboxylic acids is 1. The van der Waals surface area contributed by atoms with Gasteiger partial charge in [0.2, 0.25) is 5.91 Å². The van der Waals surface area contributed by atoms with Crippen molar-refractivity contribution in [1.29, 1.82) is 0 Å². The van der Waals surface area contributed by atoms with Gasteiger partial charge in [-0.25, -0.2) is 4.79 Å². The van der Waals surface area contributed by atoms with Crippen molar-refractivity contribution in [3.05, 3.63) is 29.8 Å². The first-order valence-corrected chi connectivity index (χ1v) is 7.61. The van der Waals surface area contributed by atoms with Crippen LogP contribution in [0.5, 0.6) is 0 Å². The number of likely N-dealkylation sites (tertiary alicyclic amines) is 1. The number of benzene rings is 1. The van der Waals surface area contributed by atoms with Crippen LogP contribution in [0.3, 0.4) is 0 Å². The van der Waals surface area contributed by atoms with Crippen LogP contribution in [0.4, 0.5) is 10.5 Å². The molecule has 1 aromatic rings. The summed E-state index contributed by atoms with van der Waals surface area (Å²) < 4.78 is 0. The number of urea groups is 1. The van der Waals surface area contributed by atoms with E-state index in [1.165, 1.54) is 12.1 Å². The van der Waals surface area contributed by atoms with Crippen LogP contribution < -0.4 is 11.1 Å². The van der Waals surface area contributed by atoms with Crippen molar-refractivity contribution in [1.82, 2.24) is 4.90 Å². The first kappa shape index (κ1) is 15.3. The van der Waals surface area contributed by atoms with E-state index in [0.29, 0.717) is 24.2 Å². The lowest BCUT2D eigenvalue weighted by Gasteiger charge is -2.23. The maximum Gasteiger partial charge on any atom is 0.321 e. The Bertz CT molecular complexity index is 658. The molecule has 1 heterocycles. The van der Waals surface area contributed by atoms with Crippen molar-refractivity contribution in [2.75, 3.05) is 18.4 Å². The van der Waals surface area contributed by atoms with Crippen molar-refractivity contribution >= 4 is 23.6 Å². The van der Waals surface area contributed by atoms with E-state index in [4.69, 9.17) is 5.73 Å². The number of nitrogens with one attached hydrogen (secondary N) is 1. The summed E-state index contributed by atoms with van der Waals surface area (Å²) in [5, 5.41) is 12.3. The topological polar surface area (TPSA) is 113 Å². The van der Waals surface area contributed by atoms with E-state index in [2.05, 4.69) is 5.32 Å². The molecule has 7 nitrogen and oxygen atoms in total. The van der Waals surface area contributed by atoms with E-state index < -0.39 is 17.3 Å². The normalized spacial score (nSPS) is 25.9. The van der Waals surface area contributed by atoms with Crippen molar-refractivity contribution in [2.45, 2.75) is 19.3 Å². The molecule has 2 atom stereocenters. The highest BCUT2D eigenvalue weighted by molar-refractivity contribution is 5.94. The molecule has 0 radical (unpaired) electrons. The van der Waals surface area contributed by atoms with E-state index in [1.807, 2.05) is 0 Å². The van der Waals surface area contributed by atoms with Crippen LogP contribution >= 0.6 is 0 Å². The van der Waals surface area contributed by atoms with Crippen LogP contribution in [0.1, 0.15) is 29.6 Å². The molecule has 1 aromatic carbocycles. The Morgan fingerprint density at radius 2 is 1.96 bits per heavy atom. The minimum atomic E-state index is -0.805. The largest absolute Gasteiger partial charge is 0.481 e. The van der Waals surface area contributed by atoms with Crippen LogP contribution in [0, 0.1) is 11.3 Å². The molecule has 0 aromatic heterocycles. The summed E-state index contributed by atoms with van der Waals surface area (Å²) in [6.07, 6.45) is 2.38. The Balaban J connectivity index is 1.68. The standard InChI is InChI=1S/C16H19N3O4/c17-13(20)10-3-5-12(6-4-10)18-15(23)19-8-11-2-1-7-16(11,9-19)14(21)22/h3-6,11H,1-2,7-9H2,(H2,17,20)(H,18,23)(H,21,22)/t11-,16+/m0/s1. The van der Waals surface area contributed by atoms with E-state index in [9.17, 15) is 19.5 Å². The molecule has 1 saturated heterocycles. The summed E-state index contributed by atoms with van der Waals surface area (Å²) in [7, 11) is 0. The molecule has 3 rings (SSSR count). The SMILES string of the molecule is NC(=O)c1ccc(NC(=O)N2C[C@@H]3CCC[C@@]3(C(=O)O)C2)cc1. The highest BCUT2D eigenvalue weighted by Gasteiger charge is 2.55. The van der Waals surface area contributed by atoms with E-state index in [0.717, 1.165) is 12.8 Å². The number of hydrogen-bond donors (Lipinski definition) is 3. The third kappa shape index (κ3) is 2.62. The minimum absolute atomic E-state index is 0.0305. The fraction of sp³-hybridized carbons (Fsp3) is 0.438. The maximum absolute atomic E-state index is 12.4. The number of nitrogens with zero attached hydrogens (tertiary/aromatic N) is 1. The number of carboxylic acid groups (broad SMARTS) is 1. The monoisotopic (exact) mass is 317 g/mol. The Morgan fingerprint density at radius 3 is 2.52 bits per heavy atom. The predicted molar refractivity (Wildman–Crippen MR) is 83.0 cm³/mol. The summed E-state index contributed by atoms with van der Waals surface area (Å²) in [6, 6.07) is 5.96. The number of rotatable bonds is 3. The minimum Gasteiger partial charge on any atom is -0.481 e. The third-order valence-electron chi connectivity index (χ3n) is 5.00. The molecule has 0 unspecified atom stereocenters. The zero-order valence-electron chi connectivity index (χ0n) is 12.6.